The van der Waals surface area contributed by atoms with Gasteiger partial charge < -0.3 is 9.64 Å². The molecular weight excluding hydrogens is 195 g/mol. The highest BCUT2D eigenvalue weighted by Gasteiger charge is 2.25. The number of hydrogen-bond donors (Lipinski definition) is 0. The molecule has 0 atom stereocenters. The van der Waals surface area contributed by atoms with Crippen molar-refractivity contribution >= 4 is 0 Å². The van der Waals surface area contributed by atoms with Crippen molar-refractivity contribution in [2.45, 2.75) is 18.9 Å². The summed E-state index contributed by atoms with van der Waals surface area (Å²) in [4.78, 5) is 5.89. The van der Waals surface area contributed by atoms with Crippen LogP contribution in [0.4, 0.5) is 4.39 Å². The zero-order chi connectivity index (χ0) is 10.7. The maximum absolute atomic E-state index is 12.7. The summed E-state index contributed by atoms with van der Waals surface area (Å²) in [6, 6.07) is 5.31. The number of nitrogens with zero attached hydrogens (tertiary/aromatic N) is 2. The molecule has 0 spiro atoms. The minimum absolute atomic E-state index is 0.360. The average molecular weight is 210 g/mol. The number of rotatable bonds is 5. The first-order valence-electron chi connectivity index (χ1n) is 5.21. The van der Waals surface area contributed by atoms with E-state index in [0.29, 0.717) is 12.5 Å². The number of hydrogen-bond acceptors (Lipinski definition) is 3. The van der Waals surface area contributed by atoms with Gasteiger partial charge in [-0.15, -0.1) is 0 Å². The summed E-state index contributed by atoms with van der Waals surface area (Å²) in [7, 11) is 2.08. The number of halogens is 1. The Morgan fingerprint density at radius 3 is 3.00 bits per heavy atom. The minimum Gasteiger partial charge on any atom is -0.476 e. The molecular formula is C11H15FN2O. The average Bonchev–Trinajstić information content (AvgIpc) is 3.00. The largest absolute Gasteiger partial charge is 0.476 e. The van der Waals surface area contributed by atoms with Crippen LogP contribution in [0, 0.1) is 5.95 Å². The highest BCUT2D eigenvalue weighted by Crippen LogP contribution is 2.24. The fourth-order valence-electron chi connectivity index (χ4n) is 1.46. The van der Waals surface area contributed by atoms with E-state index in [1.165, 1.54) is 18.9 Å². The molecule has 1 aliphatic rings. The molecule has 0 aliphatic heterocycles. The zero-order valence-electron chi connectivity index (χ0n) is 8.82. The van der Waals surface area contributed by atoms with Crippen LogP contribution in [-0.2, 0) is 0 Å². The first kappa shape index (κ1) is 10.4. The molecule has 0 aromatic carbocycles. The molecule has 82 valence electrons. The van der Waals surface area contributed by atoms with Crippen LogP contribution in [0.15, 0.2) is 18.2 Å². The third kappa shape index (κ3) is 3.16. The summed E-state index contributed by atoms with van der Waals surface area (Å²) >= 11 is 0. The second-order valence-corrected chi connectivity index (χ2v) is 3.86. The summed E-state index contributed by atoms with van der Waals surface area (Å²) in [6.07, 6.45) is 2.57. The van der Waals surface area contributed by atoms with Gasteiger partial charge in [0.1, 0.15) is 6.61 Å². The summed E-state index contributed by atoms with van der Waals surface area (Å²) in [5, 5.41) is 0. The van der Waals surface area contributed by atoms with Gasteiger partial charge in [0.05, 0.1) is 0 Å². The van der Waals surface area contributed by atoms with Gasteiger partial charge in [0.25, 0.3) is 0 Å². The Morgan fingerprint density at radius 1 is 1.53 bits per heavy atom. The van der Waals surface area contributed by atoms with Crippen LogP contribution in [0.2, 0.25) is 0 Å². The maximum Gasteiger partial charge on any atom is 0.216 e. The predicted molar refractivity (Wildman–Crippen MR) is 55.3 cm³/mol. The van der Waals surface area contributed by atoms with Crippen molar-refractivity contribution in [1.29, 1.82) is 0 Å². The lowest BCUT2D eigenvalue weighted by atomic mass is 10.5. The quantitative estimate of drug-likeness (QED) is 0.691. The van der Waals surface area contributed by atoms with Crippen molar-refractivity contribution in [3.63, 3.8) is 0 Å². The van der Waals surface area contributed by atoms with Gasteiger partial charge in [-0.3, -0.25) is 0 Å². The summed E-state index contributed by atoms with van der Waals surface area (Å²) < 4.78 is 18.0. The van der Waals surface area contributed by atoms with Crippen LogP contribution in [0.3, 0.4) is 0 Å². The maximum atomic E-state index is 12.7. The highest BCUT2D eigenvalue weighted by atomic mass is 19.1. The molecule has 1 saturated carbocycles. The van der Waals surface area contributed by atoms with E-state index in [9.17, 15) is 4.39 Å². The number of likely N-dealkylation sites (N-methyl/N-ethyl adjacent to an activating group) is 1. The molecule has 0 N–H and O–H groups in total. The molecule has 2 rings (SSSR count). The molecule has 0 saturated heterocycles. The molecule has 15 heavy (non-hydrogen) atoms. The highest BCUT2D eigenvalue weighted by molar-refractivity contribution is 5.10. The van der Waals surface area contributed by atoms with Crippen molar-refractivity contribution in [3.8, 4) is 5.88 Å². The van der Waals surface area contributed by atoms with Crippen molar-refractivity contribution < 1.29 is 9.13 Å². The van der Waals surface area contributed by atoms with Crippen LogP contribution >= 0.6 is 0 Å². The standard InChI is InChI=1S/C11H15FN2O/c1-14(9-5-6-9)7-8-15-11-4-2-3-10(12)13-11/h2-4,9H,5-8H2,1H3. The van der Waals surface area contributed by atoms with E-state index in [2.05, 4.69) is 16.9 Å². The Bertz CT molecular complexity index is 328. The van der Waals surface area contributed by atoms with Crippen LogP contribution in [0.25, 0.3) is 0 Å². The molecule has 0 radical (unpaired) electrons. The van der Waals surface area contributed by atoms with E-state index in [0.717, 1.165) is 12.6 Å². The Labute approximate surface area is 88.9 Å². The Hall–Kier alpha value is -1.16. The van der Waals surface area contributed by atoms with E-state index in [1.54, 1.807) is 12.1 Å². The number of aromatic nitrogens is 1. The second-order valence-electron chi connectivity index (χ2n) is 3.86. The molecule has 3 nitrogen and oxygen atoms in total. The molecule has 1 aromatic heterocycles. The fraction of sp³-hybridized carbons (Fsp3) is 0.545. The lowest BCUT2D eigenvalue weighted by Crippen LogP contribution is -2.26. The number of ether oxygens (including phenoxy) is 1. The topological polar surface area (TPSA) is 25.4 Å². The molecule has 1 fully saturated rings. The van der Waals surface area contributed by atoms with Gasteiger partial charge in [-0.2, -0.15) is 9.37 Å². The fourth-order valence-corrected chi connectivity index (χ4v) is 1.46. The monoisotopic (exact) mass is 210 g/mol. The molecule has 0 bridgehead atoms. The SMILES string of the molecule is CN(CCOc1cccc(F)n1)C1CC1. The molecule has 1 heterocycles. The smallest absolute Gasteiger partial charge is 0.216 e. The van der Waals surface area contributed by atoms with E-state index >= 15 is 0 Å². The predicted octanol–water partition coefficient (Wildman–Crippen LogP) is 1.69. The van der Waals surface area contributed by atoms with E-state index in [4.69, 9.17) is 4.74 Å². The van der Waals surface area contributed by atoms with E-state index in [-0.39, 0.29) is 0 Å². The molecule has 0 unspecified atom stereocenters. The third-order valence-electron chi connectivity index (χ3n) is 2.55. The Balaban J connectivity index is 1.73. The van der Waals surface area contributed by atoms with E-state index < -0.39 is 5.95 Å². The number of pyridine rings is 1. The van der Waals surface area contributed by atoms with Gasteiger partial charge >= 0.3 is 0 Å². The Morgan fingerprint density at radius 2 is 2.33 bits per heavy atom. The van der Waals surface area contributed by atoms with Gasteiger partial charge in [-0.1, -0.05) is 6.07 Å². The van der Waals surface area contributed by atoms with Gasteiger partial charge in [0.2, 0.25) is 11.8 Å². The lowest BCUT2D eigenvalue weighted by Gasteiger charge is -2.15. The second kappa shape index (κ2) is 4.57. The molecule has 0 amide bonds. The van der Waals surface area contributed by atoms with Crippen LogP contribution < -0.4 is 4.74 Å². The zero-order valence-corrected chi connectivity index (χ0v) is 8.82. The van der Waals surface area contributed by atoms with Crippen LogP contribution in [0.1, 0.15) is 12.8 Å². The lowest BCUT2D eigenvalue weighted by molar-refractivity contribution is 0.225. The molecule has 1 aromatic rings. The van der Waals surface area contributed by atoms with Gasteiger partial charge in [0, 0.05) is 18.7 Å². The first-order valence-corrected chi connectivity index (χ1v) is 5.21. The Kier molecular flexibility index (Phi) is 3.16. The van der Waals surface area contributed by atoms with Crippen molar-refractivity contribution in [2.24, 2.45) is 0 Å². The van der Waals surface area contributed by atoms with Crippen molar-refractivity contribution in [1.82, 2.24) is 9.88 Å². The molecule has 1 aliphatic carbocycles. The van der Waals surface area contributed by atoms with Crippen LogP contribution in [-0.4, -0.2) is 36.1 Å². The summed E-state index contributed by atoms with van der Waals surface area (Å²) in [5.41, 5.74) is 0. The van der Waals surface area contributed by atoms with Gasteiger partial charge in [-0.05, 0) is 26.0 Å². The van der Waals surface area contributed by atoms with E-state index in [1.807, 2.05) is 0 Å². The normalized spacial score (nSPS) is 15.7. The summed E-state index contributed by atoms with van der Waals surface area (Å²) in [5.74, 6) is -0.137. The third-order valence-corrected chi connectivity index (χ3v) is 2.55. The van der Waals surface area contributed by atoms with Gasteiger partial charge in [-0.25, -0.2) is 0 Å². The van der Waals surface area contributed by atoms with Gasteiger partial charge in [0.15, 0.2) is 0 Å². The summed E-state index contributed by atoms with van der Waals surface area (Å²) in [6.45, 7) is 1.42. The van der Waals surface area contributed by atoms with Crippen molar-refractivity contribution in [2.75, 3.05) is 20.2 Å². The van der Waals surface area contributed by atoms with Crippen LogP contribution in [0.5, 0.6) is 5.88 Å². The first-order chi connectivity index (χ1) is 7.25. The van der Waals surface area contributed by atoms with Crippen molar-refractivity contribution in [3.05, 3.63) is 24.1 Å². The molecule has 4 heteroatoms. The minimum atomic E-state index is -0.497.